The fourth-order valence-corrected chi connectivity index (χ4v) is 5.00. The van der Waals surface area contributed by atoms with Gasteiger partial charge in [0.15, 0.2) is 0 Å². The van der Waals surface area contributed by atoms with Crippen molar-refractivity contribution in [1.29, 1.82) is 0 Å². The highest BCUT2D eigenvalue weighted by atomic mass is 16.3. The molecular weight excluding hydrogens is 330 g/mol. The van der Waals surface area contributed by atoms with Crippen molar-refractivity contribution in [2.24, 2.45) is 11.8 Å². The highest BCUT2D eigenvalue weighted by Gasteiger charge is 2.51. The Bertz CT molecular complexity index is 686. The summed E-state index contributed by atoms with van der Waals surface area (Å²) in [7, 11) is 0. The summed E-state index contributed by atoms with van der Waals surface area (Å²) in [6.07, 6.45) is 5.20. The van der Waals surface area contributed by atoms with E-state index in [2.05, 4.69) is 86.8 Å². The summed E-state index contributed by atoms with van der Waals surface area (Å²) in [5, 5.41) is 16.0. The van der Waals surface area contributed by atoms with Crippen LogP contribution in [0.1, 0.15) is 76.1 Å². The van der Waals surface area contributed by atoms with Gasteiger partial charge in [-0.1, -0.05) is 101 Å². The van der Waals surface area contributed by atoms with Crippen LogP contribution in [0.5, 0.6) is 0 Å². The Hall–Kier alpha value is -1.64. The average Bonchev–Trinajstić information content (AvgIpc) is 2.72. The minimum absolute atomic E-state index is 0.159. The van der Waals surface area contributed by atoms with Crippen molar-refractivity contribution in [3.05, 3.63) is 71.8 Å². The van der Waals surface area contributed by atoms with Crippen LogP contribution >= 0.6 is 0 Å². The predicted octanol–water partition coefficient (Wildman–Crippen LogP) is 6.05. The molecule has 27 heavy (non-hydrogen) atoms. The lowest BCUT2D eigenvalue weighted by atomic mass is 9.62. The van der Waals surface area contributed by atoms with Crippen molar-refractivity contribution in [3.8, 4) is 0 Å². The van der Waals surface area contributed by atoms with Crippen molar-refractivity contribution >= 4 is 0 Å². The van der Waals surface area contributed by atoms with E-state index in [1.807, 2.05) is 0 Å². The van der Waals surface area contributed by atoms with Crippen LogP contribution in [0.25, 0.3) is 0 Å². The molecule has 1 heterocycles. The molecule has 0 bridgehead atoms. The molecule has 146 valence electrons. The first-order chi connectivity index (χ1) is 13.1. The van der Waals surface area contributed by atoms with E-state index in [0.29, 0.717) is 0 Å². The first-order valence-corrected chi connectivity index (χ1v) is 10.7. The monoisotopic (exact) mass is 365 g/mol. The molecule has 1 aliphatic rings. The van der Waals surface area contributed by atoms with Gasteiger partial charge in [0.2, 0.25) is 0 Å². The number of hydrogen-bond donors (Lipinski definition) is 2. The second-order valence-corrected chi connectivity index (χ2v) is 8.22. The summed E-state index contributed by atoms with van der Waals surface area (Å²) in [6, 6.07) is 21.7. The maximum absolute atomic E-state index is 12.1. The number of piperidine rings is 1. The molecule has 1 fully saturated rings. The van der Waals surface area contributed by atoms with E-state index in [4.69, 9.17) is 0 Å². The summed E-state index contributed by atoms with van der Waals surface area (Å²) < 4.78 is 0. The Morgan fingerprint density at radius 3 is 1.93 bits per heavy atom. The van der Waals surface area contributed by atoms with Crippen molar-refractivity contribution in [1.82, 2.24) is 5.32 Å². The quantitative estimate of drug-likeness (QED) is 0.626. The van der Waals surface area contributed by atoms with Crippen LogP contribution in [-0.2, 0) is 0 Å². The number of hydrogen-bond acceptors (Lipinski definition) is 2. The SMILES string of the molecule is CCCCC1(O)C(C)C(c2ccccc2)NC(c2ccccc2)C1CCC. The minimum atomic E-state index is -0.654. The lowest BCUT2D eigenvalue weighted by Crippen LogP contribution is -2.58. The molecule has 1 aliphatic heterocycles. The molecule has 2 heteroatoms. The molecule has 0 aliphatic carbocycles. The molecule has 0 spiro atoms. The van der Waals surface area contributed by atoms with Crippen LogP contribution in [0.2, 0.25) is 0 Å². The Kier molecular flexibility index (Phi) is 6.73. The van der Waals surface area contributed by atoms with Gasteiger partial charge in [-0.05, 0) is 24.0 Å². The largest absolute Gasteiger partial charge is 0.389 e. The highest BCUT2D eigenvalue weighted by Crippen LogP contribution is 2.50. The molecule has 0 aromatic heterocycles. The van der Waals surface area contributed by atoms with Crippen LogP contribution in [0, 0.1) is 11.8 Å². The minimum Gasteiger partial charge on any atom is -0.389 e. The van der Waals surface area contributed by atoms with E-state index in [-0.39, 0.29) is 23.9 Å². The van der Waals surface area contributed by atoms with Gasteiger partial charge in [-0.3, -0.25) is 0 Å². The van der Waals surface area contributed by atoms with Crippen LogP contribution in [-0.4, -0.2) is 10.7 Å². The summed E-state index contributed by atoms with van der Waals surface area (Å²) in [6.45, 7) is 6.69. The zero-order chi connectivity index (χ0) is 19.3. The third-order valence-corrected chi connectivity index (χ3v) is 6.54. The molecule has 5 unspecified atom stereocenters. The molecule has 5 atom stereocenters. The fourth-order valence-electron chi connectivity index (χ4n) is 5.00. The van der Waals surface area contributed by atoms with Crippen LogP contribution in [0.15, 0.2) is 60.7 Å². The van der Waals surface area contributed by atoms with E-state index in [0.717, 1.165) is 32.1 Å². The Morgan fingerprint density at radius 2 is 1.41 bits per heavy atom. The van der Waals surface area contributed by atoms with Gasteiger partial charge in [-0.25, -0.2) is 0 Å². The van der Waals surface area contributed by atoms with Crippen molar-refractivity contribution in [2.45, 2.75) is 70.6 Å². The van der Waals surface area contributed by atoms with Gasteiger partial charge in [0, 0.05) is 23.9 Å². The summed E-state index contributed by atoms with van der Waals surface area (Å²) >= 11 is 0. The topological polar surface area (TPSA) is 32.3 Å². The average molecular weight is 366 g/mol. The third-order valence-electron chi connectivity index (χ3n) is 6.54. The second-order valence-electron chi connectivity index (χ2n) is 8.22. The van der Waals surface area contributed by atoms with Crippen molar-refractivity contribution < 1.29 is 5.11 Å². The van der Waals surface area contributed by atoms with E-state index in [9.17, 15) is 5.11 Å². The molecule has 0 amide bonds. The smallest absolute Gasteiger partial charge is 0.0737 e. The van der Waals surface area contributed by atoms with Crippen molar-refractivity contribution in [3.63, 3.8) is 0 Å². The van der Waals surface area contributed by atoms with Crippen molar-refractivity contribution in [2.75, 3.05) is 0 Å². The standard InChI is InChI=1S/C25H35NO/c1-4-6-18-25(27)19(3)23(20-14-9-7-10-15-20)26-24(22(25)13-5-2)21-16-11-8-12-17-21/h7-12,14-17,19,22-24,26-27H,4-6,13,18H2,1-3H3. The molecule has 3 rings (SSSR count). The van der Waals surface area contributed by atoms with Gasteiger partial charge in [-0.15, -0.1) is 0 Å². The number of unbranched alkanes of at least 4 members (excludes halogenated alkanes) is 1. The summed E-state index contributed by atoms with van der Waals surface area (Å²) in [4.78, 5) is 0. The van der Waals surface area contributed by atoms with Crippen LogP contribution in [0.4, 0.5) is 0 Å². The van der Waals surface area contributed by atoms with Gasteiger partial charge in [0.1, 0.15) is 0 Å². The number of rotatable bonds is 7. The van der Waals surface area contributed by atoms with Gasteiger partial charge in [0.05, 0.1) is 5.60 Å². The molecule has 2 N–H and O–H groups in total. The predicted molar refractivity (Wildman–Crippen MR) is 114 cm³/mol. The van der Waals surface area contributed by atoms with E-state index in [1.165, 1.54) is 11.1 Å². The lowest BCUT2D eigenvalue weighted by molar-refractivity contribution is -0.125. The van der Waals surface area contributed by atoms with Crippen LogP contribution < -0.4 is 5.32 Å². The summed E-state index contributed by atoms with van der Waals surface area (Å²) in [5.41, 5.74) is 1.91. The number of aliphatic hydroxyl groups is 1. The van der Waals surface area contributed by atoms with Gasteiger partial charge >= 0.3 is 0 Å². The number of benzene rings is 2. The molecular formula is C25H35NO. The molecule has 2 aromatic rings. The van der Waals surface area contributed by atoms with Gasteiger partial charge in [-0.2, -0.15) is 0 Å². The molecule has 0 saturated carbocycles. The zero-order valence-electron chi connectivity index (χ0n) is 17.1. The Morgan fingerprint density at radius 1 is 0.852 bits per heavy atom. The molecule has 1 saturated heterocycles. The number of nitrogens with one attached hydrogen (secondary N) is 1. The normalized spacial score (nSPS) is 31.0. The van der Waals surface area contributed by atoms with Crippen LogP contribution in [0.3, 0.4) is 0 Å². The fraction of sp³-hybridized carbons (Fsp3) is 0.520. The molecule has 0 radical (unpaired) electrons. The Labute approximate surface area is 165 Å². The first kappa shape index (κ1) is 20.1. The first-order valence-electron chi connectivity index (χ1n) is 10.7. The maximum atomic E-state index is 12.1. The molecule has 2 aromatic carbocycles. The zero-order valence-corrected chi connectivity index (χ0v) is 17.1. The second kappa shape index (κ2) is 9.03. The van der Waals surface area contributed by atoms with E-state index in [1.54, 1.807) is 0 Å². The lowest BCUT2D eigenvalue weighted by Gasteiger charge is -2.53. The van der Waals surface area contributed by atoms with Gasteiger partial charge in [0.25, 0.3) is 0 Å². The summed E-state index contributed by atoms with van der Waals surface area (Å²) in [5.74, 6) is 0.398. The Balaban J connectivity index is 2.05. The molecule has 2 nitrogen and oxygen atoms in total. The van der Waals surface area contributed by atoms with Gasteiger partial charge < -0.3 is 10.4 Å². The third kappa shape index (κ3) is 4.12. The maximum Gasteiger partial charge on any atom is 0.0737 e. The van der Waals surface area contributed by atoms with E-state index >= 15 is 0 Å². The van der Waals surface area contributed by atoms with E-state index < -0.39 is 5.60 Å². The highest BCUT2D eigenvalue weighted by molar-refractivity contribution is 5.28.